The van der Waals surface area contributed by atoms with Gasteiger partial charge < -0.3 is 38.9 Å². The second kappa shape index (κ2) is 9.22. The lowest BCUT2D eigenvalue weighted by Crippen LogP contribution is -3.00. The number of halogens is 1. The second-order valence-electron chi connectivity index (χ2n) is 5.84. The largest absolute Gasteiger partial charge is 1.00 e. The van der Waals surface area contributed by atoms with Crippen molar-refractivity contribution in [1.82, 2.24) is 0 Å². The summed E-state index contributed by atoms with van der Waals surface area (Å²) in [6, 6.07) is 3.28. The summed E-state index contributed by atoms with van der Waals surface area (Å²) in [5, 5.41) is 0. The third-order valence-corrected chi connectivity index (χ3v) is 4.35. The fraction of sp³-hybridized carbons (Fsp3) is 0.529. The molecule has 0 amide bonds. The van der Waals surface area contributed by atoms with Gasteiger partial charge in [0.25, 0.3) is 0 Å². The molecule has 0 aliphatic carbocycles. The number of anilines is 1. The summed E-state index contributed by atoms with van der Waals surface area (Å²) in [4.78, 5) is 23.4. The van der Waals surface area contributed by atoms with Gasteiger partial charge in [-0.3, -0.25) is 9.59 Å². The molecule has 0 bridgehead atoms. The lowest BCUT2D eigenvalue weighted by molar-refractivity contribution is -0.906. The molecule has 1 aromatic carbocycles. The highest BCUT2D eigenvalue weighted by atomic mass is 127. The number of ether oxygens (including phenoxy) is 1. The van der Waals surface area contributed by atoms with Gasteiger partial charge in [-0.1, -0.05) is 0 Å². The van der Waals surface area contributed by atoms with Crippen LogP contribution in [-0.2, 0) is 0 Å². The van der Waals surface area contributed by atoms with Crippen molar-refractivity contribution < 1.29 is 42.8 Å². The van der Waals surface area contributed by atoms with Gasteiger partial charge in [-0.05, 0) is 39.8 Å². The molecule has 130 valence electrons. The Bertz CT molecular complexity index is 569. The molecule has 6 heteroatoms. The summed E-state index contributed by atoms with van der Waals surface area (Å²) in [5.41, 5.74) is 6.84. The topological polar surface area (TPSA) is 69.4 Å². The van der Waals surface area contributed by atoms with Crippen LogP contribution in [0.15, 0.2) is 12.1 Å². The Hall–Kier alpha value is -1.15. The maximum absolute atomic E-state index is 11.9. The van der Waals surface area contributed by atoms with Gasteiger partial charge >= 0.3 is 0 Å². The number of quaternary nitrogens is 1. The Morgan fingerprint density at radius 3 is 2.13 bits per heavy atom. The van der Waals surface area contributed by atoms with Gasteiger partial charge in [0.1, 0.15) is 18.9 Å². The van der Waals surface area contributed by atoms with E-state index in [0.717, 1.165) is 24.1 Å². The monoisotopic (exact) mass is 434 g/mol. The van der Waals surface area contributed by atoms with Crippen LogP contribution < -0.4 is 34.4 Å². The van der Waals surface area contributed by atoms with Crippen molar-refractivity contribution in [1.29, 1.82) is 0 Å². The molecule has 2 N–H and O–H groups in total. The average Bonchev–Trinajstić information content (AvgIpc) is 2.46. The number of carbonyl (C=O) groups excluding carboxylic acids is 2. The van der Waals surface area contributed by atoms with Gasteiger partial charge in [-0.2, -0.15) is 0 Å². The SMILES string of the molecule is CC[N+](C)(CC)CCOc1ccc(C(C)=O)c(N)c1C(C)=O.[I-]. The molecule has 1 aromatic rings. The number of ketones is 2. The smallest absolute Gasteiger partial charge is 0.165 e. The van der Waals surface area contributed by atoms with Crippen LogP contribution in [0.4, 0.5) is 5.69 Å². The molecule has 0 saturated carbocycles. The average molecular weight is 434 g/mol. The van der Waals surface area contributed by atoms with Crippen molar-refractivity contribution in [2.45, 2.75) is 27.7 Å². The Morgan fingerprint density at radius 1 is 1.13 bits per heavy atom. The molecular weight excluding hydrogens is 407 g/mol. The van der Waals surface area contributed by atoms with E-state index in [1.54, 1.807) is 12.1 Å². The third kappa shape index (κ3) is 5.46. The van der Waals surface area contributed by atoms with Crippen LogP contribution in [0.1, 0.15) is 48.4 Å². The van der Waals surface area contributed by atoms with Gasteiger partial charge in [0.05, 0.1) is 31.4 Å². The molecule has 0 atom stereocenters. The lowest BCUT2D eigenvalue weighted by atomic mass is 10.0. The van der Waals surface area contributed by atoms with E-state index < -0.39 is 0 Å². The van der Waals surface area contributed by atoms with Crippen molar-refractivity contribution in [3.05, 3.63) is 23.3 Å². The first-order valence-corrected chi connectivity index (χ1v) is 7.66. The van der Waals surface area contributed by atoms with Crippen LogP contribution in [0.25, 0.3) is 0 Å². The summed E-state index contributed by atoms with van der Waals surface area (Å²) >= 11 is 0. The number of likely N-dealkylation sites (N-methyl/N-ethyl adjacent to an activating group) is 1. The van der Waals surface area contributed by atoms with Crippen LogP contribution in [-0.4, -0.2) is 49.3 Å². The third-order valence-electron chi connectivity index (χ3n) is 4.35. The summed E-state index contributed by atoms with van der Waals surface area (Å²) < 4.78 is 6.68. The van der Waals surface area contributed by atoms with Crippen LogP contribution in [0.3, 0.4) is 0 Å². The van der Waals surface area contributed by atoms with Crippen LogP contribution in [0, 0.1) is 0 Å². The predicted molar refractivity (Wildman–Crippen MR) is 88.5 cm³/mol. The van der Waals surface area contributed by atoms with Crippen molar-refractivity contribution in [2.24, 2.45) is 0 Å². The van der Waals surface area contributed by atoms with Crippen LogP contribution >= 0.6 is 0 Å². The van der Waals surface area contributed by atoms with Gasteiger partial charge in [-0.25, -0.2) is 0 Å². The Kier molecular flexibility index (Phi) is 8.76. The summed E-state index contributed by atoms with van der Waals surface area (Å²) in [6.45, 7) is 10.5. The minimum atomic E-state index is -0.196. The standard InChI is InChI=1S/C17H26N2O3.HI/c1-6-19(5,7-2)10-11-22-15-9-8-14(12(3)20)17(18)16(15)13(4)21;/h8-9H,6-7,10-11H2,1-5H3,(H-,18,20,21);1H. The Morgan fingerprint density at radius 2 is 1.70 bits per heavy atom. The molecule has 0 aliphatic rings. The zero-order chi connectivity index (χ0) is 16.9. The minimum Gasteiger partial charge on any atom is -1.00 e. The van der Waals surface area contributed by atoms with Gasteiger partial charge in [-0.15, -0.1) is 0 Å². The number of nitrogens with two attached hydrogens (primary N) is 1. The summed E-state index contributed by atoms with van der Waals surface area (Å²) in [7, 11) is 2.17. The van der Waals surface area contributed by atoms with Crippen LogP contribution in [0.5, 0.6) is 5.75 Å². The Balaban J connectivity index is 0.00000484. The zero-order valence-electron chi connectivity index (χ0n) is 14.6. The molecule has 0 spiro atoms. The molecule has 0 radical (unpaired) electrons. The van der Waals surface area contributed by atoms with E-state index in [1.807, 2.05) is 0 Å². The van der Waals surface area contributed by atoms with E-state index in [2.05, 4.69) is 20.9 Å². The molecule has 0 fully saturated rings. The molecule has 23 heavy (non-hydrogen) atoms. The number of nitrogen functional groups attached to an aromatic ring is 1. The maximum atomic E-state index is 11.9. The van der Waals surface area contributed by atoms with Gasteiger partial charge in [0.15, 0.2) is 11.6 Å². The fourth-order valence-corrected chi connectivity index (χ4v) is 2.31. The number of nitrogens with zero attached hydrogens (tertiary/aromatic N) is 1. The first-order chi connectivity index (χ1) is 10.3. The quantitative estimate of drug-likeness (QED) is 0.260. The predicted octanol–water partition coefficient (Wildman–Crippen LogP) is -0.457. The van der Waals surface area contributed by atoms with Crippen molar-refractivity contribution in [3.63, 3.8) is 0 Å². The molecule has 0 unspecified atom stereocenters. The molecule has 0 saturated heterocycles. The van der Waals surface area contributed by atoms with Gasteiger partial charge in [0.2, 0.25) is 0 Å². The van der Waals surface area contributed by atoms with Crippen LogP contribution in [0.2, 0.25) is 0 Å². The Labute approximate surface area is 155 Å². The normalized spacial score (nSPS) is 10.8. The highest BCUT2D eigenvalue weighted by Crippen LogP contribution is 2.29. The number of Topliss-reactive ketones (excluding diaryl/α,β-unsaturated/α-hetero) is 2. The first-order valence-electron chi connectivity index (χ1n) is 7.66. The number of carbonyl (C=O) groups is 2. The van der Waals surface area contributed by atoms with E-state index in [4.69, 9.17) is 10.5 Å². The fourth-order valence-electron chi connectivity index (χ4n) is 2.31. The van der Waals surface area contributed by atoms with Crippen molar-refractivity contribution in [3.8, 4) is 5.75 Å². The molecule has 0 heterocycles. The highest BCUT2D eigenvalue weighted by molar-refractivity contribution is 6.08. The second-order valence-corrected chi connectivity index (χ2v) is 5.84. The summed E-state index contributed by atoms with van der Waals surface area (Å²) in [5.74, 6) is 0.0975. The molecule has 5 nitrogen and oxygen atoms in total. The van der Waals surface area contributed by atoms with E-state index in [-0.39, 0.29) is 41.2 Å². The number of hydrogen-bond acceptors (Lipinski definition) is 4. The van der Waals surface area contributed by atoms with Crippen molar-refractivity contribution in [2.75, 3.05) is 39.0 Å². The maximum Gasteiger partial charge on any atom is 0.165 e. The molecular formula is C17H27IN2O3. The first kappa shape index (κ1) is 21.9. The molecule has 1 rings (SSSR count). The van der Waals surface area contributed by atoms with Gasteiger partial charge in [0, 0.05) is 5.56 Å². The molecule has 0 aliphatic heterocycles. The lowest BCUT2D eigenvalue weighted by Gasteiger charge is -2.32. The van der Waals surface area contributed by atoms with E-state index in [9.17, 15) is 9.59 Å². The number of rotatable bonds is 8. The highest BCUT2D eigenvalue weighted by Gasteiger charge is 2.20. The summed E-state index contributed by atoms with van der Waals surface area (Å²) in [6.07, 6.45) is 0. The molecule has 0 aromatic heterocycles. The number of benzene rings is 1. The number of hydrogen-bond donors (Lipinski definition) is 1. The van der Waals surface area contributed by atoms with E-state index in [0.29, 0.717) is 23.5 Å². The van der Waals surface area contributed by atoms with E-state index >= 15 is 0 Å². The zero-order valence-corrected chi connectivity index (χ0v) is 16.8. The minimum absolute atomic E-state index is 0. The van der Waals surface area contributed by atoms with E-state index in [1.165, 1.54) is 13.8 Å². The van der Waals surface area contributed by atoms with Crippen molar-refractivity contribution >= 4 is 17.3 Å².